The highest BCUT2D eigenvalue weighted by Crippen LogP contribution is 2.29. The van der Waals surface area contributed by atoms with Gasteiger partial charge in [-0.1, -0.05) is 23.7 Å². The molecule has 1 saturated heterocycles. The molecule has 0 aliphatic carbocycles. The molecule has 0 spiro atoms. The van der Waals surface area contributed by atoms with E-state index >= 15 is 0 Å². The Morgan fingerprint density at radius 2 is 2.23 bits per heavy atom. The number of rotatable bonds is 4. The average Bonchev–Trinajstić information content (AvgIpc) is 2.89. The highest BCUT2D eigenvalue weighted by atomic mass is 35.5. The summed E-state index contributed by atoms with van der Waals surface area (Å²) in [7, 11) is 1.78. The Labute approximate surface area is 136 Å². The summed E-state index contributed by atoms with van der Waals surface area (Å²) in [5, 5.41) is 0.660. The number of oxazole rings is 1. The molecular weight excluding hydrogens is 300 g/mol. The number of methoxy groups -OCH3 is 1. The summed E-state index contributed by atoms with van der Waals surface area (Å²) >= 11 is 6.22. The van der Waals surface area contributed by atoms with E-state index in [1.807, 2.05) is 31.2 Å². The Bertz CT molecular complexity index is 641. The van der Waals surface area contributed by atoms with Crippen LogP contribution in [0.2, 0.25) is 5.02 Å². The third-order valence-electron chi connectivity index (χ3n) is 4.17. The topological polar surface area (TPSA) is 38.5 Å². The number of nitrogens with zero attached hydrogens (tertiary/aromatic N) is 2. The molecular formula is C17H21ClN2O2. The fourth-order valence-corrected chi connectivity index (χ4v) is 3.10. The minimum Gasteiger partial charge on any atom is -0.441 e. The predicted molar refractivity (Wildman–Crippen MR) is 87.0 cm³/mol. The fourth-order valence-electron chi connectivity index (χ4n) is 2.89. The molecule has 22 heavy (non-hydrogen) atoms. The van der Waals surface area contributed by atoms with E-state index in [1.165, 1.54) is 0 Å². The summed E-state index contributed by atoms with van der Waals surface area (Å²) in [6.07, 6.45) is 2.62. The van der Waals surface area contributed by atoms with Crippen LogP contribution >= 0.6 is 11.6 Å². The number of ether oxygens (including phenoxy) is 1. The van der Waals surface area contributed by atoms with Gasteiger partial charge in [-0.3, -0.25) is 4.90 Å². The Hall–Kier alpha value is -1.36. The summed E-state index contributed by atoms with van der Waals surface area (Å²) in [6, 6.07) is 7.62. The van der Waals surface area contributed by atoms with E-state index in [0.717, 1.165) is 49.5 Å². The minimum atomic E-state index is 0.323. The lowest BCUT2D eigenvalue weighted by Gasteiger charge is -2.31. The van der Waals surface area contributed by atoms with E-state index < -0.39 is 0 Å². The van der Waals surface area contributed by atoms with Gasteiger partial charge in [-0.15, -0.1) is 0 Å². The number of hydrogen-bond acceptors (Lipinski definition) is 4. The number of aryl methyl sites for hydroxylation is 1. The van der Waals surface area contributed by atoms with Crippen LogP contribution in [0.5, 0.6) is 0 Å². The minimum absolute atomic E-state index is 0.323. The van der Waals surface area contributed by atoms with Crippen molar-refractivity contribution in [3.8, 4) is 11.5 Å². The average molecular weight is 321 g/mol. The van der Waals surface area contributed by atoms with Crippen molar-refractivity contribution in [2.45, 2.75) is 32.4 Å². The van der Waals surface area contributed by atoms with Crippen molar-refractivity contribution in [3.05, 3.63) is 40.7 Å². The van der Waals surface area contributed by atoms with Crippen molar-refractivity contribution in [1.29, 1.82) is 0 Å². The highest BCUT2D eigenvalue weighted by Gasteiger charge is 2.22. The van der Waals surface area contributed by atoms with Gasteiger partial charge in [-0.2, -0.15) is 0 Å². The summed E-state index contributed by atoms with van der Waals surface area (Å²) < 4.78 is 11.3. The lowest BCUT2D eigenvalue weighted by molar-refractivity contribution is 0.0280. The first-order chi connectivity index (χ1) is 10.7. The zero-order chi connectivity index (χ0) is 15.5. The normalized spacial score (nSPS) is 19.5. The first kappa shape index (κ1) is 15.5. The van der Waals surface area contributed by atoms with Crippen LogP contribution in [-0.2, 0) is 11.3 Å². The summed E-state index contributed by atoms with van der Waals surface area (Å²) in [5.74, 6) is 1.45. The molecule has 1 aliphatic heterocycles. The van der Waals surface area contributed by atoms with Gasteiger partial charge in [0.2, 0.25) is 5.89 Å². The van der Waals surface area contributed by atoms with Gasteiger partial charge in [0.15, 0.2) is 0 Å². The van der Waals surface area contributed by atoms with Crippen LogP contribution in [-0.4, -0.2) is 36.2 Å². The second-order valence-corrected chi connectivity index (χ2v) is 6.14. The molecule has 0 amide bonds. The van der Waals surface area contributed by atoms with E-state index in [-0.39, 0.29) is 0 Å². The number of halogens is 1. The van der Waals surface area contributed by atoms with Crippen LogP contribution in [0.3, 0.4) is 0 Å². The van der Waals surface area contributed by atoms with Gasteiger partial charge in [0.1, 0.15) is 5.76 Å². The summed E-state index contributed by atoms with van der Waals surface area (Å²) in [6.45, 7) is 4.78. The summed E-state index contributed by atoms with van der Waals surface area (Å²) in [4.78, 5) is 7.03. The van der Waals surface area contributed by atoms with E-state index in [4.69, 9.17) is 20.8 Å². The Balaban J connectivity index is 1.77. The largest absolute Gasteiger partial charge is 0.441 e. The van der Waals surface area contributed by atoms with Crippen LogP contribution in [0.25, 0.3) is 11.5 Å². The quantitative estimate of drug-likeness (QED) is 0.856. The van der Waals surface area contributed by atoms with Crippen LogP contribution in [0.4, 0.5) is 0 Å². The van der Waals surface area contributed by atoms with Crippen LogP contribution in [0.1, 0.15) is 24.3 Å². The fraction of sp³-hybridized carbons (Fsp3) is 0.471. The zero-order valence-electron chi connectivity index (χ0n) is 13.0. The standard InChI is InChI=1S/C17H21ClN2O2/c1-12-16(11-20-9-5-6-13(10-20)21-2)19-17(22-12)14-7-3-4-8-15(14)18/h3-4,7-8,13H,5-6,9-11H2,1-2H3. The number of likely N-dealkylation sites (tertiary alicyclic amines) is 1. The predicted octanol–water partition coefficient (Wildman–Crippen LogP) is 3.91. The Morgan fingerprint density at radius 1 is 1.41 bits per heavy atom. The molecule has 0 radical (unpaired) electrons. The third-order valence-corrected chi connectivity index (χ3v) is 4.50. The van der Waals surface area contributed by atoms with Crippen LogP contribution in [0.15, 0.2) is 28.7 Å². The van der Waals surface area contributed by atoms with Crippen molar-refractivity contribution in [3.63, 3.8) is 0 Å². The second kappa shape index (κ2) is 6.82. The zero-order valence-corrected chi connectivity index (χ0v) is 13.8. The van der Waals surface area contributed by atoms with E-state index in [1.54, 1.807) is 7.11 Å². The van der Waals surface area contributed by atoms with Crippen LogP contribution < -0.4 is 0 Å². The molecule has 1 unspecified atom stereocenters. The van der Waals surface area contributed by atoms with Gasteiger partial charge in [-0.05, 0) is 38.4 Å². The maximum absolute atomic E-state index is 6.22. The summed E-state index contributed by atoms with van der Waals surface area (Å²) in [5.41, 5.74) is 1.82. The molecule has 118 valence electrons. The maximum atomic E-state index is 6.22. The number of benzene rings is 1. The van der Waals surface area contributed by atoms with E-state index in [2.05, 4.69) is 9.88 Å². The number of piperidine rings is 1. The van der Waals surface area contributed by atoms with Crippen molar-refractivity contribution in [2.75, 3.05) is 20.2 Å². The lowest BCUT2D eigenvalue weighted by atomic mass is 10.1. The van der Waals surface area contributed by atoms with Crippen molar-refractivity contribution in [2.24, 2.45) is 0 Å². The molecule has 0 bridgehead atoms. The van der Waals surface area contributed by atoms with Crippen molar-refractivity contribution in [1.82, 2.24) is 9.88 Å². The van der Waals surface area contributed by atoms with Gasteiger partial charge >= 0.3 is 0 Å². The molecule has 2 heterocycles. The molecule has 1 aliphatic rings. The molecule has 1 atom stereocenters. The Kier molecular flexibility index (Phi) is 4.81. The molecule has 1 aromatic heterocycles. The molecule has 0 N–H and O–H groups in total. The monoisotopic (exact) mass is 320 g/mol. The first-order valence-electron chi connectivity index (χ1n) is 7.63. The molecule has 3 rings (SSSR count). The molecule has 1 fully saturated rings. The van der Waals surface area contributed by atoms with Gasteiger partial charge in [0.05, 0.1) is 22.4 Å². The van der Waals surface area contributed by atoms with Crippen molar-refractivity contribution < 1.29 is 9.15 Å². The van der Waals surface area contributed by atoms with Gasteiger partial charge in [-0.25, -0.2) is 4.98 Å². The number of hydrogen-bond donors (Lipinski definition) is 0. The smallest absolute Gasteiger partial charge is 0.228 e. The maximum Gasteiger partial charge on any atom is 0.228 e. The van der Waals surface area contributed by atoms with E-state index in [0.29, 0.717) is 17.0 Å². The molecule has 5 heteroatoms. The lowest BCUT2D eigenvalue weighted by Crippen LogP contribution is -2.38. The number of aromatic nitrogens is 1. The SMILES string of the molecule is COC1CCCN(Cc2nc(-c3ccccc3Cl)oc2C)C1. The highest BCUT2D eigenvalue weighted by molar-refractivity contribution is 6.33. The molecule has 0 saturated carbocycles. The molecule has 4 nitrogen and oxygen atoms in total. The van der Waals surface area contributed by atoms with Crippen LogP contribution in [0, 0.1) is 6.92 Å². The molecule has 1 aromatic carbocycles. The first-order valence-corrected chi connectivity index (χ1v) is 8.01. The Morgan fingerprint density at radius 3 is 3.00 bits per heavy atom. The molecule has 2 aromatic rings. The van der Waals surface area contributed by atoms with Gasteiger partial charge < -0.3 is 9.15 Å². The third kappa shape index (κ3) is 3.35. The second-order valence-electron chi connectivity index (χ2n) is 5.74. The van der Waals surface area contributed by atoms with Gasteiger partial charge in [0, 0.05) is 20.2 Å². The van der Waals surface area contributed by atoms with Crippen molar-refractivity contribution >= 4 is 11.6 Å². The van der Waals surface area contributed by atoms with E-state index in [9.17, 15) is 0 Å². The van der Waals surface area contributed by atoms with Gasteiger partial charge in [0.25, 0.3) is 0 Å².